The second kappa shape index (κ2) is 13.4. The lowest BCUT2D eigenvalue weighted by molar-refractivity contribution is -0.0245. The van der Waals surface area contributed by atoms with E-state index in [4.69, 9.17) is 9.47 Å². The largest absolute Gasteiger partial charge is 0.455 e. The maximum atomic E-state index is 5.54. The number of benzene rings is 8. The van der Waals surface area contributed by atoms with Crippen LogP contribution in [-0.2, 0) is 14.9 Å². The number of ether oxygens (including phenoxy) is 2. The SMILES string of the molecule is CC1(C)c2ccccc2-c2ccc(N(c3ccc(-c4ccc(C5OC=CO5)cc4)cc3)c3ccc(-c4ccc5c(c4)c4ccccc4n5-c4ccccc4)cc3)cc21. The standard InChI is InChI=1S/C54H40N2O2/c1-54(2)49-14-8-6-12-45(49)46-30-29-44(35-50(46)54)55(42-25-20-37(21-26-42)36-16-18-39(19-17-36)53-57-32-33-58-53)43-27-22-38(23-28-43)40-24-31-52-48(34-40)47-13-7-9-15-51(47)56(52)41-10-4-3-5-11-41/h3-35,53H,1-2H3. The lowest BCUT2D eigenvalue weighted by atomic mass is 9.82. The molecule has 4 nitrogen and oxygen atoms in total. The first kappa shape index (κ1) is 34.0. The van der Waals surface area contributed by atoms with Crippen molar-refractivity contribution in [1.82, 2.24) is 4.57 Å². The van der Waals surface area contributed by atoms with E-state index in [2.05, 4.69) is 211 Å². The van der Waals surface area contributed by atoms with Gasteiger partial charge in [-0.1, -0.05) is 135 Å². The maximum Gasteiger partial charge on any atom is 0.266 e. The van der Waals surface area contributed by atoms with Gasteiger partial charge in [-0.15, -0.1) is 0 Å². The van der Waals surface area contributed by atoms with Gasteiger partial charge < -0.3 is 18.9 Å². The minimum atomic E-state index is -0.383. The predicted molar refractivity (Wildman–Crippen MR) is 238 cm³/mol. The van der Waals surface area contributed by atoms with Crippen LogP contribution in [0.25, 0.3) is 60.9 Å². The topological polar surface area (TPSA) is 26.6 Å². The number of fused-ring (bicyclic) bond motifs is 6. The summed E-state index contributed by atoms with van der Waals surface area (Å²) in [4.78, 5) is 2.38. The summed E-state index contributed by atoms with van der Waals surface area (Å²) < 4.78 is 13.4. The van der Waals surface area contributed by atoms with E-state index in [1.165, 1.54) is 55.2 Å². The molecular weight excluding hydrogens is 709 g/mol. The zero-order valence-corrected chi connectivity index (χ0v) is 32.3. The Hall–Kier alpha value is -7.30. The first-order valence-electron chi connectivity index (χ1n) is 19.9. The highest BCUT2D eigenvalue weighted by Crippen LogP contribution is 2.51. The number of anilines is 3. The van der Waals surface area contributed by atoms with E-state index in [1.54, 1.807) is 12.5 Å². The molecule has 0 saturated carbocycles. The van der Waals surface area contributed by atoms with Gasteiger partial charge in [0.1, 0.15) is 12.5 Å². The smallest absolute Gasteiger partial charge is 0.266 e. The van der Waals surface area contributed by atoms with Crippen LogP contribution in [-0.4, -0.2) is 4.57 Å². The van der Waals surface area contributed by atoms with Crippen molar-refractivity contribution in [1.29, 1.82) is 0 Å². The van der Waals surface area contributed by atoms with Gasteiger partial charge in [-0.25, -0.2) is 0 Å². The van der Waals surface area contributed by atoms with Crippen molar-refractivity contribution in [3.8, 4) is 39.1 Å². The van der Waals surface area contributed by atoms with Crippen molar-refractivity contribution in [3.05, 3.63) is 217 Å². The van der Waals surface area contributed by atoms with Crippen molar-refractivity contribution in [3.63, 3.8) is 0 Å². The normalized spacial score (nSPS) is 14.0. The fourth-order valence-corrected chi connectivity index (χ4v) is 9.12. The minimum absolute atomic E-state index is 0.111. The molecule has 0 unspecified atom stereocenters. The fourth-order valence-electron chi connectivity index (χ4n) is 9.12. The van der Waals surface area contributed by atoms with Gasteiger partial charge in [0.15, 0.2) is 0 Å². The number of aromatic nitrogens is 1. The molecule has 1 aliphatic carbocycles. The monoisotopic (exact) mass is 748 g/mol. The lowest BCUT2D eigenvalue weighted by Crippen LogP contribution is -2.16. The number of nitrogens with zero attached hydrogens (tertiary/aromatic N) is 2. The maximum absolute atomic E-state index is 5.54. The van der Waals surface area contributed by atoms with E-state index in [0.29, 0.717) is 0 Å². The zero-order valence-electron chi connectivity index (χ0n) is 32.3. The van der Waals surface area contributed by atoms with Gasteiger partial charge in [0, 0.05) is 44.5 Å². The molecule has 0 saturated heterocycles. The molecule has 1 aliphatic heterocycles. The van der Waals surface area contributed by atoms with Gasteiger partial charge >= 0.3 is 0 Å². The van der Waals surface area contributed by atoms with Gasteiger partial charge in [-0.2, -0.15) is 0 Å². The summed E-state index contributed by atoms with van der Waals surface area (Å²) in [6, 6.07) is 68.3. The molecule has 9 aromatic rings. The van der Waals surface area contributed by atoms with E-state index in [0.717, 1.165) is 39.4 Å². The van der Waals surface area contributed by atoms with Crippen LogP contribution in [0.2, 0.25) is 0 Å². The Morgan fingerprint density at radius 1 is 0.448 bits per heavy atom. The van der Waals surface area contributed by atoms with Crippen molar-refractivity contribution in [2.24, 2.45) is 0 Å². The quantitative estimate of drug-likeness (QED) is 0.162. The summed E-state index contributed by atoms with van der Waals surface area (Å²) in [6.45, 7) is 4.69. The van der Waals surface area contributed by atoms with Crippen LogP contribution in [0.5, 0.6) is 0 Å². The molecular formula is C54H40N2O2. The molecule has 0 bridgehead atoms. The molecule has 8 aromatic carbocycles. The third-order valence-electron chi connectivity index (χ3n) is 12.1. The summed E-state index contributed by atoms with van der Waals surface area (Å²) in [7, 11) is 0. The van der Waals surface area contributed by atoms with E-state index in [1.807, 2.05) is 0 Å². The van der Waals surface area contributed by atoms with Gasteiger partial charge in [0.2, 0.25) is 0 Å². The summed E-state index contributed by atoms with van der Waals surface area (Å²) >= 11 is 0. The van der Waals surface area contributed by atoms with E-state index in [9.17, 15) is 0 Å². The van der Waals surface area contributed by atoms with Crippen molar-refractivity contribution in [2.75, 3.05) is 4.90 Å². The second-order valence-corrected chi connectivity index (χ2v) is 15.7. The first-order chi connectivity index (χ1) is 28.5. The van der Waals surface area contributed by atoms with Crippen LogP contribution >= 0.6 is 0 Å². The molecule has 0 radical (unpaired) electrons. The molecule has 0 N–H and O–H groups in total. The molecule has 0 atom stereocenters. The van der Waals surface area contributed by atoms with Crippen LogP contribution in [0, 0.1) is 0 Å². The van der Waals surface area contributed by atoms with Crippen LogP contribution in [0.1, 0.15) is 36.8 Å². The molecule has 0 amide bonds. The lowest BCUT2D eigenvalue weighted by Gasteiger charge is -2.28. The van der Waals surface area contributed by atoms with Gasteiger partial charge in [0.25, 0.3) is 6.29 Å². The van der Waals surface area contributed by atoms with Gasteiger partial charge in [-0.3, -0.25) is 0 Å². The van der Waals surface area contributed by atoms with Crippen LogP contribution in [0.3, 0.4) is 0 Å². The average Bonchev–Trinajstić information content (AvgIpc) is 3.99. The van der Waals surface area contributed by atoms with Crippen LogP contribution < -0.4 is 4.90 Å². The Morgan fingerprint density at radius 3 is 1.72 bits per heavy atom. The molecule has 4 heteroatoms. The third kappa shape index (κ3) is 5.52. The van der Waals surface area contributed by atoms with E-state index in [-0.39, 0.29) is 11.7 Å². The van der Waals surface area contributed by atoms with Crippen molar-refractivity contribution >= 4 is 38.9 Å². The minimum Gasteiger partial charge on any atom is -0.455 e. The van der Waals surface area contributed by atoms with Crippen molar-refractivity contribution in [2.45, 2.75) is 25.6 Å². The zero-order chi connectivity index (χ0) is 38.8. The van der Waals surface area contributed by atoms with Gasteiger partial charge in [-0.05, 0) is 111 Å². The third-order valence-corrected chi connectivity index (χ3v) is 12.1. The highest BCUT2D eigenvalue weighted by Gasteiger charge is 2.35. The number of rotatable bonds is 7. The number of hydrogen-bond donors (Lipinski definition) is 0. The summed E-state index contributed by atoms with van der Waals surface area (Å²) in [5.74, 6) is 0. The molecule has 0 fully saturated rings. The molecule has 0 spiro atoms. The Labute approximate surface area is 338 Å². The number of hydrogen-bond acceptors (Lipinski definition) is 3. The van der Waals surface area contributed by atoms with Gasteiger partial charge in [0.05, 0.1) is 11.0 Å². The average molecular weight is 749 g/mol. The van der Waals surface area contributed by atoms with E-state index < -0.39 is 0 Å². The van der Waals surface area contributed by atoms with E-state index >= 15 is 0 Å². The number of para-hydroxylation sites is 2. The molecule has 1 aromatic heterocycles. The molecule has 2 heterocycles. The Morgan fingerprint density at radius 2 is 1.00 bits per heavy atom. The Bertz CT molecular complexity index is 3010. The summed E-state index contributed by atoms with van der Waals surface area (Å²) in [6.07, 6.45) is 2.79. The van der Waals surface area contributed by atoms with Crippen molar-refractivity contribution < 1.29 is 9.47 Å². The van der Waals surface area contributed by atoms with Crippen LogP contribution in [0.4, 0.5) is 17.1 Å². The Balaban J connectivity index is 0.979. The fraction of sp³-hybridized carbons (Fsp3) is 0.0741. The first-order valence-corrected chi connectivity index (χ1v) is 19.9. The highest BCUT2D eigenvalue weighted by molar-refractivity contribution is 6.10. The molecule has 58 heavy (non-hydrogen) atoms. The molecule has 11 rings (SSSR count). The summed E-state index contributed by atoms with van der Waals surface area (Å²) in [5, 5.41) is 2.50. The summed E-state index contributed by atoms with van der Waals surface area (Å²) in [5.41, 5.74) is 17.8. The Kier molecular flexibility index (Phi) is 7.87. The highest BCUT2D eigenvalue weighted by atomic mass is 16.7. The molecule has 278 valence electrons. The predicted octanol–water partition coefficient (Wildman–Crippen LogP) is 14.4. The molecule has 2 aliphatic rings. The second-order valence-electron chi connectivity index (χ2n) is 15.7. The van der Waals surface area contributed by atoms with Crippen LogP contribution in [0.15, 0.2) is 201 Å².